The second-order valence-corrected chi connectivity index (χ2v) is 8.60. The highest BCUT2D eigenvalue weighted by Crippen LogP contribution is 2.41. The Labute approximate surface area is 186 Å². The first-order valence-corrected chi connectivity index (χ1v) is 11.0. The maximum Gasteiger partial charge on any atom is 0.410 e. The lowest BCUT2D eigenvalue weighted by molar-refractivity contribution is 0.0717. The summed E-state index contributed by atoms with van der Waals surface area (Å²) in [7, 11) is 0. The largest absolute Gasteiger partial charge is 0.454 e. The molecule has 0 fully saturated rings. The van der Waals surface area contributed by atoms with Crippen molar-refractivity contribution >= 4 is 28.6 Å². The second kappa shape index (κ2) is 8.00. The number of aromatic nitrogens is 1. The van der Waals surface area contributed by atoms with Crippen molar-refractivity contribution in [3.63, 3.8) is 0 Å². The Balaban J connectivity index is 1.52. The Morgan fingerprint density at radius 3 is 2.94 bits per heavy atom. The first kappa shape index (κ1) is 20.1. The van der Waals surface area contributed by atoms with Crippen LogP contribution in [-0.2, 0) is 17.6 Å². The maximum atomic E-state index is 12.8. The minimum atomic E-state index is -0.271. The lowest BCUT2D eigenvalue weighted by atomic mass is 9.86. The van der Waals surface area contributed by atoms with Gasteiger partial charge in [-0.15, -0.1) is 0 Å². The van der Waals surface area contributed by atoms with E-state index in [4.69, 9.17) is 25.8 Å². The van der Waals surface area contributed by atoms with Gasteiger partial charge in [0.2, 0.25) is 6.79 Å². The van der Waals surface area contributed by atoms with Gasteiger partial charge in [-0.05, 0) is 67.1 Å². The lowest BCUT2D eigenvalue weighted by Gasteiger charge is -2.38. The van der Waals surface area contributed by atoms with Gasteiger partial charge < -0.3 is 19.2 Å². The minimum absolute atomic E-state index is 0.126. The van der Waals surface area contributed by atoms with Gasteiger partial charge in [0.05, 0.1) is 12.6 Å². The summed E-state index contributed by atoms with van der Waals surface area (Å²) in [5, 5.41) is 1.85. The Morgan fingerprint density at radius 1 is 1.26 bits per heavy atom. The molecule has 0 radical (unpaired) electrons. The number of halogens is 1. The minimum Gasteiger partial charge on any atom is -0.454 e. The van der Waals surface area contributed by atoms with Crippen LogP contribution < -0.4 is 9.47 Å². The third kappa shape index (κ3) is 3.59. The van der Waals surface area contributed by atoms with Gasteiger partial charge in [-0.1, -0.05) is 24.6 Å². The van der Waals surface area contributed by atoms with Crippen LogP contribution in [0.15, 0.2) is 36.4 Å². The number of hydrogen-bond donors (Lipinski definition) is 1. The van der Waals surface area contributed by atoms with Crippen molar-refractivity contribution in [1.29, 1.82) is 0 Å². The van der Waals surface area contributed by atoms with Crippen LogP contribution in [0.4, 0.5) is 4.79 Å². The van der Waals surface area contributed by atoms with Gasteiger partial charge in [-0.25, -0.2) is 4.79 Å². The molecule has 7 heteroatoms. The molecule has 0 saturated heterocycles. The summed E-state index contributed by atoms with van der Waals surface area (Å²) in [6.07, 6.45) is 1.28. The molecule has 0 aliphatic carbocycles. The van der Waals surface area contributed by atoms with Crippen LogP contribution in [0.2, 0.25) is 5.02 Å². The van der Waals surface area contributed by atoms with Crippen molar-refractivity contribution in [2.45, 2.75) is 32.7 Å². The number of amides is 1. The van der Waals surface area contributed by atoms with Gasteiger partial charge in [0.25, 0.3) is 0 Å². The zero-order chi connectivity index (χ0) is 21.5. The number of H-pyrrole nitrogens is 1. The van der Waals surface area contributed by atoms with Crippen LogP contribution in [0.25, 0.3) is 10.9 Å². The molecule has 1 amide bonds. The summed E-state index contributed by atoms with van der Waals surface area (Å²) < 4.78 is 16.4. The van der Waals surface area contributed by atoms with Crippen LogP contribution in [0, 0.1) is 5.92 Å². The molecule has 162 valence electrons. The van der Waals surface area contributed by atoms with E-state index in [0.29, 0.717) is 18.2 Å². The zero-order valence-corrected chi connectivity index (χ0v) is 18.4. The molecule has 2 aliphatic heterocycles. The van der Waals surface area contributed by atoms with Gasteiger partial charge in [0.15, 0.2) is 11.5 Å². The van der Waals surface area contributed by atoms with Gasteiger partial charge in [-0.3, -0.25) is 4.90 Å². The zero-order valence-electron chi connectivity index (χ0n) is 17.6. The number of hydrogen-bond acceptors (Lipinski definition) is 4. The van der Waals surface area contributed by atoms with Gasteiger partial charge in [0.1, 0.15) is 0 Å². The summed E-state index contributed by atoms with van der Waals surface area (Å²) in [5.41, 5.74) is 4.50. The van der Waals surface area contributed by atoms with Gasteiger partial charge in [0, 0.05) is 28.2 Å². The highest BCUT2D eigenvalue weighted by molar-refractivity contribution is 6.31. The third-order valence-electron chi connectivity index (χ3n) is 6.17. The number of carbonyl (C=O) groups is 1. The van der Waals surface area contributed by atoms with E-state index >= 15 is 0 Å². The van der Waals surface area contributed by atoms with Crippen molar-refractivity contribution in [2.75, 3.05) is 19.9 Å². The van der Waals surface area contributed by atoms with Crippen molar-refractivity contribution in [1.82, 2.24) is 9.88 Å². The fraction of sp³-hybridized carbons (Fsp3) is 0.375. The molecule has 5 rings (SSSR count). The van der Waals surface area contributed by atoms with E-state index in [1.807, 2.05) is 42.2 Å². The Bertz CT molecular complexity index is 1140. The molecular weight excluding hydrogens is 416 g/mol. The van der Waals surface area contributed by atoms with Gasteiger partial charge >= 0.3 is 6.09 Å². The molecule has 0 spiro atoms. The van der Waals surface area contributed by atoms with Crippen molar-refractivity contribution < 1.29 is 19.0 Å². The highest BCUT2D eigenvalue weighted by Gasteiger charge is 2.37. The summed E-state index contributed by atoms with van der Waals surface area (Å²) in [5.74, 6) is 1.70. The molecule has 2 unspecified atom stereocenters. The highest BCUT2D eigenvalue weighted by atomic mass is 35.5. The SMILES string of the molecule is CCOC(=O)N1CCc2c([nH]c3ccc(Cl)cc23)C1C(C)Cc1ccc2c(c1)OCO2. The van der Waals surface area contributed by atoms with Crippen LogP contribution in [-0.4, -0.2) is 35.9 Å². The predicted octanol–water partition coefficient (Wildman–Crippen LogP) is 5.48. The van der Waals surface area contributed by atoms with Crippen LogP contribution in [0.3, 0.4) is 0 Å². The molecular formula is C24H25ClN2O4. The smallest absolute Gasteiger partial charge is 0.410 e. The fourth-order valence-electron chi connectivity index (χ4n) is 4.84. The Morgan fingerprint density at radius 2 is 2.10 bits per heavy atom. The number of nitrogens with zero attached hydrogens (tertiary/aromatic N) is 1. The molecule has 3 aromatic rings. The monoisotopic (exact) mass is 440 g/mol. The van der Waals surface area contributed by atoms with Gasteiger partial charge in [-0.2, -0.15) is 0 Å². The molecule has 2 aromatic carbocycles. The number of benzene rings is 2. The van der Waals surface area contributed by atoms with E-state index in [-0.39, 0.29) is 24.8 Å². The Kier molecular flexibility index (Phi) is 5.18. The first-order chi connectivity index (χ1) is 15.0. The lowest BCUT2D eigenvalue weighted by Crippen LogP contribution is -2.43. The van der Waals surface area contributed by atoms with E-state index in [1.165, 1.54) is 5.56 Å². The summed E-state index contributed by atoms with van der Waals surface area (Å²) in [6.45, 7) is 5.24. The molecule has 0 bridgehead atoms. The van der Waals surface area contributed by atoms with E-state index in [2.05, 4.69) is 18.0 Å². The predicted molar refractivity (Wildman–Crippen MR) is 119 cm³/mol. The van der Waals surface area contributed by atoms with Crippen LogP contribution >= 0.6 is 11.6 Å². The number of aromatic amines is 1. The molecule has 0 saturated carbocycles. The van der Waals surface area contributed by atoms with E-state index in [0.717, 1.165) is 46.5 Å². The van der Waals surface area contributed by atoms with E-state index in [1.54, 1.807) is 0 Å². The molecule has 2 aliphatic rings. The number of ether oxygens (including phenoxy) is 3. The summed E-state index contributed by atoms with van der Waals surface area (Å²) >= 11 is 6.27. The normalized spacial score (nSPS) is 18.2. The van der Waals surface area contributed by atoms with Crippen molar-refractivity contribution in [3.8, 4) is 11.5 Å². The second-order valence-electron chi connectivity index (χ2n) is 8.16. The number of carbonyl (C=O) groups excluding carboxylic acids is 1. The van der Waals surface area contributed by atoms with Crippen LogP contribution in [0.1, 0.15) is 36.7 Å². The topological polar surface area (TPSA) is 63.8 Å². The molecule has 6 nitrogen and oxygen atoms in total. The average molecular weight is 441 g/mol. The van der Waals surface area contributed by atoms with E-state index < -0.39 is 0 Å². The molecule has 1 aromatic heterocycles. The van der Waals surface area contributed by atoms with Crippen molar-refractivity contribution in [2.24, 2.45) is 5.92 Å². The molecule has 31 heavy (non-hydrogen) atoms. The summed E-state index contributed by atoms with van der Waals surface area (Å²) in [4.78, 5) is 18.3. The Hall–Kier alpha value is -2.86. The fourth-order valence-corrected chi connectivity index (χ4v) is 5.02. The number of nitrogens with one attached hydrogen (secondary N) is 1. The first-order valence-electron chi connectivity index (χ1n) is 10.7. The van der Waals surface area contributed by atoms with Crippen LogP contribution in [0.5, 0.6) is 11.5 Å². The number of rotatable bonds is 4. The van der Waals surface area contributed by atoms with Crippen molar-refractivity contribution in [3.05, 3.63) is 58.2 Å². The third-order valence-corrected chi connectivity index (χ3v) is 6.41. The standard InChI is InChI=1S/C24H25ClN2O4/c1-3-29-24(28)27-9-8-17-18-12-16(25)5-6-19(18)26-22(17)23(27)14(2)10-15-4-7-20-21(11-15)31-13-30-20/h4-7,11-12,14,23,26H,3,8-10,13H2,1-2H3. The molecule has 3 heterocycles. The number of fused-ring (bicyclic) bond motifs is 4. The average Bonchev–Trinajstić information content (AvgIpc) is 3.36. The summed E-state index contributed by atoms with van der Waals surface area (Å²) in [6, 6.07) is 11.8. The maximum absolute atomic E-state index is 12.8. The molecule has 1 N–H and O–H groups in total. The molecule has 2 atom stereocenters. The quantitative estimate of drug-likeness (QED) is 0.583. The van der Waals surface area contributed by atoms with E-state index in [9.17, 15) is 4.79 Å².